The molecule has 0 unspecified atom stereocenters. The molecule has 7 heteroatoms. The molecule has 0 radical (unpaired) electrons. The summed E-state index contributed by atoms with van der Waals surface area (Å²) < 4.78 is 5.82. The second kappa shape index (κ2) is 8.23. The van der Waals surface area contributed by atoms with Gasteiger partial charge in [0.25, 0.3) is 0 Å². The number of aromatic nitrogens is 5. The lowest BCUT2D eigenvalue weighted by atomic mass is 9.83. The van der Waals surface area contributed by atoms with Crippen molar-refractivity contribution in [3.8, 4) is 5.75 Å². The molecule has 3 aromatic rings. The van der Waals surface area contributed by atoms with E-state index in [2.05, 4.69) is 44.2 Å². The van der Waals surface area contributed by atoms with Gasteiger partial charge in [-0.3, -0.25) is 0 Å². The highest BCUT2D eigenvalue weighted by molar-refractivity contribution is 7.10. The molecular weight excluding hydrogens is 346 g/mol. The molecule has 0 aliphatic heterocycles. The number of aryl methyl sites for hydroxylation is 1. The Hall–Kier alpha value is -2.54. The number of nitrogens with one attached hydrogen (secondary N) is 1. The van der Waals surface area contributed by atoms with E-state index in [9.17, 15) is 0 Å². The third-order valence-corrected chi connectivity index (χ3v) is 5.37. The Kier molecular flexibility index (Phi) is 5.35. The zero-order chi connectivity index (χ0) is 17.6. The summed E-state index contributed by atoms with van der Waals surface area (Å²) in [5.74, 6) is 2.28. The van der Waals surface area contributed by atoms with Crippen molar-refractivity contribution in [2.45, 2.75) is 38.0 Å². The van der Waals surface area contributed by atoms with E-state index in [1.54, 1.807) is 11.3 Å². The minimum Gasteiger partial charge on any atom is -0.494 e. The Morgan fingerprint density at radius 1 is 1.27 bits per heavy atom. The van der Waals surface area contributed by atoms with E-state index < -0.39 is 0 Å². The first kappa shape index (κ1) is 16.9. The molecule has 0 amide bonds. The zero-order valence-corrected chi connectivity index (χ0v) is 15.3. The Bertz CT molecular complexity index is 854. The van der Waals surface area contributed by atoms with Crippen LogP contribution in [0.4, 0.5) is 0 Å². The second-order valence-electron chi connectivity index (χ2n) is 6.42. The number of nitrogens with zero attached hydrogens (tertiary/aromatic N) is 4. The number of ether oxygens (including phenoxy) is 1. The molecule has 4 rings (SSSR count). The molecule has 134 valence electrons. The average Bonchev–Trinajstić information content (AvgIpc) is 3.28. The summed E-state index contributed by atoms with van der Waals surface area (Å²) in [7, 11) is 0. The molecule has 0 spiro atoms. The smallest absolute Gasteiger partial charge is 0.174 e. The van der Waals surface area contributed by atoms with Crippen LogP contribution >= 0.6 is 11.3 Å². The van der Waals surface area contributed by atoms with E-state index in [0.29, 0.717) is 12.5 Å². The molecule has 0 atom stereocenters. The fourth-order valence-corrected chi connectivity index (χ4v) is 3.64. The van der Waals surface area contributed by atoms with Crippen molar-refractivity contribution in [1.82, 2.24) is 25.6 Å². The lowest BCUT2D eigenvalue weighted by Gasteiger charge is -2.22. The van der Waals surface area contributed by atoms with Crippen LogP contribution in [0, 0.1) is 0 Å². The van der Waals surface area contributed by atoms with Gasteiger partial charge < -0.3 is 4.74 Å². The molecule has 1 aliphatic rings. The van der Waals surface area contributed by atoms with Crippen LogP contribution in [-0.4, -0.2) is 32.2 Å². The summed E-state index contributed by atoms with van der Waals surface area (Å²) in [4.78, 5) is 4.74. The first-order chi connectivity index (χ1) is 12.9. The van der Waals surface area contributed by atoms with Crippen LogP contribution in [0.3, 0.4) is 0 Å². The fourth-order valence-electron chi connectivity index (χ4n) is 2.85. The maximum absolute atomic E-state index is 5.82. The molecule has 2 heterocycles. The Morgan fingerprint density at radius 2 is 2.23 bits per heavy atom. The van der Waals surface area contributed by atoms with Crippen molar-refractivity contribution in [3.05, 3.63) is 51.7 Å². The van der Waals surface area contributed by atoms with Crippen LogP contribution in [-0.2, 0) is 6.42 Å². The van der Waals surface area contributed by atoms with Crippen LogP contribution in [0.25, 0.3) is 12.2 Å². The average molecular weight is 367 g/mol. The maximum atomic E-state index is 5.82. The minimum atomic E-state index is 0.624. The molecule has 0 saturated heterocycles. The summed E-state index contributed by atoms with van der Waals surface area (Å²) in [5.41, 5.74) is 2.38. The molecule has 1 N–H and O–H groups in total. The monoisotopic (exact) mass is 367 g/mol. The van der Waals surface area contributed by atoms with Gasteiger partial charge in [-0.05, 0) is 43.0 Å². The summed E-state index contributed by atoms with van der Waals surface area (Å²) in [6.07, 6.45) is 9.71. The third-order valence-electron chi connectivity index (χ3n) is 4.54. The van der Waals surface area contributed by atoms with E-state index in [1.807, 2.05) is 18.2 Å². The van der Waals surface area contributed by atoms with Crippen molar-refractivity contribution >= 4 is 23.5 Å². The number of hydrogen-bond donors (Lipinski definition) is 1. The summed E-state index contributed by atoms with van der Waals surface area (Å²) in [5, 5.41) is 17.1. The number of rotatable bonds is 8. The van der Waals surface area contributed by atoms with Crippen LogP contribution in [0.15, 0.2) is 29.6 Å². The van der Waals surface area contributed by atoms with Crippen molar-refractivity contribution < 1.29 is 4.74 Å². The summed E-state index contributed by atoms with van der Waals surface area (Å²) in [6.45, 7) is 0.624. The Labute approximate surface area is 156 Å². The molecule has 6 nitrogen and oxygen atoms in total. The normalized spacial score (nSPS) is 14.6. The topological polar surface area (TPSA) is 76.6 Å². The number of tetrazole rings is 1. The predicted octanol–water partition coefficient (Wildman–Crippen LogP) is 4.11. The van der Waals surface area contributed by atoms with Crippen LogP contribution in [0.5, 0.6) is 5.75 Å². The molecule has 26 heavy (non-hydrogen) atoms. The van der Waals surface area contributed by atoms with Crippen LogP contribution in [0.1, 0.15) is 53.7 Å². The first-order valence-corrected chi connectivity index (χ1v) is 9.83. The third kappa shape index (κ3) is 4.35. The van der Waals surface area contributed by atoms with Crippen molar-refractivity contribution in [2.75, 3.05) is 6.61 Å². The van der Waals surface area contributed by atoms with E-state index >= 15 is 0 Å². The predicted molar refractivity (Wildman–Crippen MR) is 102 cm³/mol. The second-order valence-corrected chi connectivity index (χ2v) is 7.31. The highest BCUT2D eigenvalue weighted by Crippen LogP contribution is 2.36. The highest BCUT2D eigenvalue weighted by Gasteiger charge is 2.21. The van der Waals surface area contributed by atoms with E-state index in [4.69, 9.17) is 9.72 Å². The van der Waals surface area contributed by atoms with Gasteiger partial charge >= 0.3 is 0 Å². The van der Waals surface area contributed by atoms with E-state index in [-0.39, 0.29) is 0 Å². The van der Waals surface area contributed by atoms with Gasteiger partial charge in [0.15, 0.2) is 5.82 Å². The number of hydrogen-bond acceptors (Lipinski definition) is 6. The molecule has 1 saturated carbocycles. The number of aromatic amines is 1. The highest BCUT2D eigenvalue weighted by atomic mass is 32.1. The van der Waals surface area contributed by atoms with Gasteiger partial charge in [0.1, 0.15) is 10.8 Å². The van der Waals surface area contributed by atoms with Gasteiger partial charge in [0.05, 0.1) is 12.3 Å². The van der Waals surface area contributed by atoms with Crippen molar-refractivity contribution in [2.24, 2.45) is 0 Å². The van der Waals surface area contributed by atoms with Gasteiger partial charge in [-0.15, -0.1) is 21.5 Å². The maximum Gasteiger partial charge on any atom is 0.174 e. The van der Waals surface area contributed by atoms with Crippen molar-refractivity contribution in [3.63, 3.8) is 0 Å². The molecule has 2 aromatic heterocycles. The molecule has 1 aromatic carbocycles. The first-order valence-electron chi connectivity index (χ1n) is 8.95. The molecular formula is C19H21N5OS. The van der Waals surface area contributed by atoms with Gasteiger partial charge in [0, 0.05) is 17.7 Å². The molecule has 1 fully saturated rings. The Balaban J connectivity index is 1.29. The van der Waals surface area contributed by atoms with Gasteiger partial charge in [-0.2, -0.15) is 5.21 Å². The largest absolute Gasteiger partial charge is 0.494 e. The zero-order valence-electron chi connectivity index (χ0n) is 14.5. The van der Waals surface area contributed by atoms with Crippen LogP contribution in [0.2, 0.25) is 0 Å². The van der Waals surface area contributed by atoms with Gasteiger partial charge in [0.2, 0.25) is 0 Å². The molecule has 0 bridgehead atoms. The summed E-state index contributed by atoms with van der Waals surface area (Å²) in [6, 6.07) is 8.11. The number of thiazole rings is 1. The lowest BCUT2D eigenvalue weighted by Crippen LogP contribution is -2.08. The standard InChI is InChI=1S/C19H21N5OS/c1-4-14(9-10-19-20-17(13-26-19)15-5-2-6-15)12-16(7-1)25-11-3-8-18-21-23-24-22-18/h1,4,7,9-10,12-13,15H,2-3,5-6,8,11H2,(H,21,22,23,24). The summed E-state index contributed by atoms with van der Waals surface area (Å²) >= 11 is 1.72. The quantitative estimate of drug-likeness (QED) is 0.607. The SMILES string of the molecule is C(=Cc1nc(C2CCC2)cs1)c1cccc(OCCCc2nn[nH]n2)c1. The lowest BCUT2D eigenvalue weighted by molar-refractivity contribution is 0.310. The van der Waals surface area contributed by atoms with Crippen molar-refractivity contribution in [1.29, 1.82) is 0 Å². The number of benzene rings is 1. The van der Waals surface area contributed by atoms with E-state index in [0.717, 1.165) is 35.0 Å². The van der Waals surface area contributed by atoms with Gasteiger partial charge in [-0.1, -0.05) is 29.8 Å². The van der Waals surface area contributed by atoms with Gasteiger partial charge in [-0.25, -0.2) is 4.98 Å². The molecule has 1 aliphatic carbocycles. The number of H-pyrrole nitrogens is 1. The Morgan fingerprint density at radius 3 is 3.04 bits per heavy atom. The van der Waals surface area contributed by atoms with E-state index in [1.165, 1.54) is 25.0 Å². The minimum absolute atomic E-state index is 0.624. The van der Waals surface area contributed by atoms with Crippen LogP contribution < -0.4 is 4.74 Å². The fraction of sp³-hybridized carbons (Fsp3) is 0.368.